The number of hydrogen-bond donors (Lipinski definition) is 0. The maximum absolute atomic E-state index is 12.4. The monoisotopic (exact) mass is 242 g/mol. The fraction of sp³-hybridized carbons (Fsp3) is 0.182. The van der Waals surface area contributed by atoms with Gasteiger partial charge in [-0.15, -0.1) is 0 Å². The molecule has 17 heavy (non-hydrogen) atoms. The van der Waals surface area contributed by atoms with Crippen molar-refractivity contribution < 1.29 is 17.9 Å². The number of aromatic nitrogens is 2. The minimum atomic E-state index is -4.37. The van der Waals surface area contributed by atoms with Crippen molar-refractivity contribution in [2.75, 3.05) is 0 Å². The first-order chi connectivity index (χ1) is 7.97. The number of hydrogen-bond acceptors (Lipinski definition) is 2. The van der Waals surface area contributed by atoms with Crippen LogP contribution in [0.2, 0.25) is 0 Å². The lowest BCUT2D eigenvalue weighted by Crippen LogP contribution is -2.04. The number of nitrogens with zero attached hydrogens (tertiary/aromatic N) is 2. The average molecular weight is 242 g/mol. The van der Waals surface area contributed by atoms with Crippen molar-refractivity contribution in [2.45, 2.75) is 6.18 Å². The zero-order valence-corrected chi connectivity index (χ0v) is 8.90. The molecule has 0 N–H and O–H groups in total. The summed E-state index contributed by atoms with van der Waals surface area (Å²) in [5.41, 5.74) is -0.746. The van der Waals surface area contributed by atoms with Crippen LogP contribution in [0, 0.1) is 0 Å². The molecule has 0 spiro atoms. The van der Waals surface area contributed by atoms with Crippen molar-refractivity contribution in [2.24, 2.45) is 7.05 Å². The minimum absolute atomic E-state index is 0.106. The topological polar surface area (TPSA) is 27.1 Å². The third-order valence-electron chi connectivity index (χ3n) is 2.15. The Labute approximate surface area is 95.5 Å². The van der Waals surface area contributed by atoms with E-state index >= 15 is 0 Å². The van der Waals surface area contributed by atoms with Gasteiger partial charge in [0.1, 0.15) is 5.75 Å². The highest BCUT2D eigenvalue weighted by atomic mass is 19.4. The van der Waals surface area contributed by atoms with Crippen LogP contribution in [0.5, 0.6) is 11.8 Å². The molecule has 0 radical (unpaired) electrons. The molecule has 1 aromatic carbocycles. The van der Waals surface area contributed by atoms with Crippen LogP contribution in [-0.4, -0.2) is 9.55 Å². The van der Waals surface area contributed by atoms with Crippen molar-refractivity contribution in [3.63, 3.8) is 0 Å². The number of benzene rings is 1. The number of ether oxygens (including phenoxy) is 1. The van der Waals surface area contributed by atoms with Gasteiger partial charge in [0, 0.05) is 19.4 Å². The lowest BCUT2D eigenvalue weighted by Gasteiger charge is -2.09. The first kappa shape index (κ1) is 11.5. The zero-order valence-electron chi connectivity index (χ0n) is 8.90. The molecular weight excluding hydrogens is 233 g/mol. The second kappa shape index (κ2) is 4.12. The molecule has 0 saturated carbocycles. The molecule has 0 fully saturated rings. The summed E-state index contributed by atoms with van der Waals surface area (Å²) < 4.78 is 44.2. The Balaban J connectivity index is 2.26. The summed E-state index contributed by atoms with van der Waals surface area (Å²) >= 11 is 0. The SMILES string of the molecule is Cn1ccnc1Oc1cccc(C(F)(F)F)c1. The van der Waals surface area contributed by atoms with E-state index in [1.165, 1.54) is 18.3 Å². The zero-order chi connectivity index (χ0) is 12.5. The van der Waals surface area contributed by atoms with Crippen LogP contribution < -0.4 is 4.74 Å². The molecular formula is C11H9F3N2O. The van der Waals surface area contributed by atoms with E-state index in [1.807, 2.05) is 0 Å². The van der Waals surface area contributed by atoms with Crippen LogP contribution >= 0.6 is 0 Å². The minimum Gasteiger partial charge on any atom is -0.426 e. The molecule has 0 aliphatic rings. The lowest BCUT2D eigenvalue weighted by atomic mass is 10.2. The molecule has 6 heteroatoms. The van der Waals surface area contributed by atoms with E-state index in [9.17, 15) is 13.2 Å². The summed E-state index contributed by atoms with van der Waals surface area (Å²) in [6, 6.07) is 4.91. The quantitative estimate of drug-likeness (QED) is 0.808. The van der Waals surface area contributed by atoms with Crippen molar-refractivity contribution in [3.8, 4) is 11.8 Å². The maximum atomic E-state index is 12.4. The van der Waals surface area contributed by atoms with Gasteiger partial charge in [0.2, 0.25) is 0 Å². The Morgan fingerprint density at radius 1 is 1.29 bits per heavy atom. The number of imidazole rings is 1. The van der Waals surface area contributed by atoms with E-state index in [0.29, 0.717) is 0 Å². The lowest BCUT2D eigenvalue weighted by molar-refractivity contribution is -0.137. The molecule has 90 valence electrons. The second-order valence-corrected chi connectivity index (χ2v) is 3.45. The fourth-order valence-electron chi connectivity index (χ4n) is 1.29. The molecule has 0 bridgehead atoms. The largest absolute Gasteiger partial charge is 0.426 e. The van der Waals surface area contributed by atoms with Crippen molar-refractivity contribution >= 4 is 0 Å². The van der Waals surface area contributed by atoms with Crippen molar-refractivity contribution in [1.29, 1.82) is 0 Å². The van der Waals surface area contributed by atoms with Gasteiger partial charge in [-0.05, 0) is 18.2 Å². The van der Waals surface area contributed by atoms with Gasteiger partial charge in [0.15, 0.2) is 0 Å². The molecule has 0 aliphatic heterocycles. The van der Waals surface area contributed by atoms with Gasteiger partial charge in [-0.2, -0.15) is 13.2 Å². The van der Waals surface area contributed by atoms with Gasteiger partial charge in [0.05, 0.1) is 5.56 Å². The first-order valence-corrected chi connectivity index (χ1v) is 4.79. The van der Waals surface area contributed by atoms with Gasteiger partial charge in [-0.3, -0.25) is 0 Å². The summed E-state index contributed by atoms with van der Waals surface area (Å²) in [5.74, 6) is 0.106. The normalized spacial score (nSPS) is 11.5. The van der Waals surface area contributed by atoms with Crippen LogP contribution in [0.25, 0.3) is 0 Å². The van der Waals surface area contributed by atoms with Crippen molar-refractivity contribution in [3.05, 3.63) is 42.2 Å². The highest BCUT2D eigenvalue weighted by Crippen LogP contribution is 2.32. The molecule has 3 nitrogen and oxygen atoms in total. The van der Waals surface area contributed by atoms with E-state index in [2.05, 4.69) is 4.98 Å². The van der Waals surface area contributed by atoms with Gasteiger partial charge in [0.25, 0.3) is 0 Å². The maximum Gasteiger partial charge on any atom is 0.416 e. The van der Waals surface area contributed by atoms with Crippen LogP contribution in [0.1, 0.15) is 5.56 Å². The Morgan fingerprint density at radius 2 is 2.06 bits per heavy atom. The van der Waals surface area contributed by atoms with Crippen LogP contribution in [-0.2, 0) is 13.2 Å². The highest BCUT2D eigenvalue weighted by Gasteiger charge is 2.30. The molecule has 0 aliphatic carbocycles. The summed E-state index contributed by atoms with van der Waals surface area (Å²) in [7, 11) is 1.69. The third-order valence-corrected chi connectivity index (χ3v) is 2.15. The second-order valence-electron chi connectivity index (χ2n) is 3.45. The molecule has 2 rings (SSSR count). The molecule has 2 aromatic rings. The van der Waals surface area contributed by atoms with E-state index in [1.54, 1.807) is 17.8 Å². The number of alkyl halides is 3. The van der Waals surface area contributed by atoms with Crippen LogP contribution in [0.15, 0.2) is 36.7 Å². The number of halogens is 3. The molecule has 0 saturated heterocycles. The fourth-order valence-corrected chi connectivity index (χ4v) is 1.29. The Kier molecular flexibility index (Phi) is 2.79. The summed E-state index contributed by atoms with van der Waals surface area (Å²) in [4.78, 5) is 3.86. The van der Waals surface area contributed by atoms with Gasteiger partial charge in [-0.25, -0.2) is 4.98 Å². The standard InChI is InChI=1S/C11H9F3N2O/c1-16-6-5-15-10(16)17-9-4-2-3-8(7-9)11(12,13)14/h2-7H,1H3. The Bertz CT molecular complexity index is 519. The summed E-state index contributed by atoms with van der Waals surface area (Å²) in [6.45, 7) is 0. The van der Waals surface area contributed by atoms with E-state index in [-0.39, 0.29) is 11.8 Å². The molecule has 0 atom stereocenters. The van der Waals surface area contributed by atoms with Gasteiger partial charge >= 0.3 is 12.2 Å². The Hall–Kier alpha value is -1.98. The van der Waals surface area contributed by atoms with Crippen LogP contribution in [0.3, 0.4) is 0 Å². The summed E-state index contributed by atoms with van der Waals surface area (Å²) in [6.07, 6.45) is -1.23. The number of rotatable bonds is 2. The molecule has 1 heterocycles. The third kappa shape index (κ3) is 2.58. The molecule has 0 amide bonds. The predicted octanol–water partition coefficient (Wildman–Crippen LogP) is 3.23. The van der Waals surface area contributed by atoms with Gasteiger partial charge < -0.3 is 9.30 Å². The van der Waals surface area contributed by atoms with Gasteiger partial charge in [-0.1, -0.05) is 6.07 Å². The van der Waals surface area contributed by atoms with E-state index < -0.39 is 11.7 Å². The van der Waals surface area contributed by atoms with Crippen molar-refractivity contribution in [1.82, 2.24) is 9.55 Å². The van der Waals surface area contributed by atoms with Crippen LogP contribution in [0.4, 0.5) is 13.2 Å². The van der Waals surface area contributed by atoms with E-state index in [4.69, 9.17) is 4.74 Å². The Morgan fingerprint density at radius 3 is 2.65 bits per heavy atom. The molecule has 1 aromatic heterocycles. The predicted molar refractivity (Wildman–Crippen MR) is 54.7 cm³/mol. The van der Waals surface area contributed by atoms with E-state index in [0.717, 1.165) is 12.1 Å². The average Bonchev–Trinajstić information content (AvgIpc) is 2.64. The summed E-state index contributed by atoms with van der Waals surface area (Å²) in [5, 5.41) is 0. The molecule has 0 unspecified atom stereocenters. The number of aryl methyl sites for hydroxylation is 1. The highest BCUT2D eigenvalue weighted by molar-refractivity contribution is 5.32. The smallest absolute Gasteiger partial charge is 0.416 e. The first-order valence-electron chi connectivity index (χ1n) is 4.79.